The summed E-state index contributed by atoms with van der Waals surface area (Å²) in [6, 6.07) is 3.61. The Morgan fingerprint density at radius 1 is 1.50 bits per heavy atom. The Morgan fingerprint density at radius 2 is 2.27 bits per heavy atom. The van der Waals surface area contributed by atoms with E-state index in [0.29, 0.717) is 24.1 Å². The topological polar surface area (TPSA) is 60.5 Å². The van der Waals surface area contributed by atoms with Gasteiger partial charge in [0, 0.05) is 13.2 Å². The molecule has 1 heterocycles. The zero-order valence-electron chi connectivity index (χ0n) is 13.9. The summed E-state index contributed by atoms with van der Waals surface area (Å²) in [6.45, 7) is 6.52. The van der Waals surface area contributed by atoms with Crippen LogP contribution in [0.1, 0.15) is 45.2 Å². The number of hydrogen-bond donors (Lipinski definition) is 1. The highest BCUT2D eigenvalue weighted by Crippen LogP contribution is 2.36. The second-order valence-corrected chi connectivity index (χ2v) is 6.07. The van der Waals surface area contributed by atoms with Crippen molar-refractivity contribution in [2.75, 3.05) is 19.0 Å². The number of aryl methyl sites for hydroxylation is 1. The molecule has 0 unspecified atom stereocenters. The van der Waals surface area contributed by atoms with Crippen LogP contribution in [-0.2, 0) is 9.53 Å². The van der Waals surface area contributed by atoms with Gasteiger partial charge in [-0.05, 0) is 45.1 Å². The van der Waals surface area contributed by atoms with Gasteiger partial charge >= 0.3 is 0 Å². The van der Waals surface area contributed by atoms with Crippen molar-refractivity contribution in [3.05, 3.63) is 17.8 Å². The Bertz CT molecular complexity index is 533. The highest BCUT2D eigenvalue weighted by molar-refractivity contribution is 5.97. The van der Waals surface area contributed by atoms with Crippen molar-refractivity contribution in [2.24, 2.45) is 5.92 Å². The lowest BCUT2D eigenvalue weighted by Gasteiger charge is -2.37. The zero-order chi connectivity index (χ0) is 16.2. The van der Waals surface area contributed by atoms with E-state index in [1.165, 1.54) is 0 Å². The standard InChI is InChI=1S/C17H26N2O3/c1-5-22-15-9-8-14(13(3)18-15)19-16(20)17(21-4)10-6-7-12(2)11-17/h8-9,12H,5-7,10-11H2,1-4H3,(H,19,20)/t12-,17+/m0/s1. The number of hydrogen-bond acceptors (Lipinski definition) is 4. The number of methoxy groups -OCH3 is 1. The summed E-state index contributed by atoms with van der Waals surface area (Å²) in [7, 11) is 1.63. The molecule has 0 aromatic carbocycles. The predicted octanol–water partition coefficient (Wildman–Crippen LogP) is 3.32. The third-order valence-electron chi connectivity index (χ3n) is 4.36. The highest BCUT2D eigenvalue weighted by atomic mass is 16.5. The van der Waals surface area contributed by atoms with Crippen LogP contribution in [0.25, 0.3) is 0 Å². The number of aromatic nitrogens is 1. The Hall–Kier alpha value is -1.62. The molecule has 5 nitrogen and oxygen atoms in total. The van der Waals surface area contributed by atoms with Crippen LogP contribution in [0.15, 0.2) is 12.1 Å². The molecule has 1 fully saturated rings. The third kappa shape index (κ3) is 3.58. The normalized spacial score (nSPS) is 24.8. The van der Waals surface area contributed by atoms with Gasteiger partial charge in [-0.15, -0.1) is 0 Å². The lowest BCUT2D eigenvalue weighted by Crippen LogP contribution is -2.48. The van der Waals surface area contributed by atoms with Crippen molar-refractivity contribution in [2.45, 2.75) is 52.1 Å². The summed E-state index contributed by atoms with van der Waals surface area (Å²) < 4.78 is 11.0. The maximum absolute atomic E-state index is 12.7. The van der Waals surface area contributed by atoms with Crippen molar-refractivity contribution in [3.63, 3.8) is 0 Å². The number of carbonyl (C=O) groups is 1. The zero-order valence-corrected chi connectivity index (χ0v) is 13.9. The summed E-state index contributed by atoms with van der Waals surface area (Å²) in [5, 5.41) is 2.98. The van der Waals surface area contributed by atoms with Gasteiger partial charge in [-0.1, -0.05) is 13.3 Å². The minimum Gasteiger partial charge on any atom is -0.478 e. The molecule has 22 heavy (non-hydrogen) atoms. The van der Waals surface area contributed by atoms with Crippen LogP contribution in [0, 0.1) is 12.8 Å². The molecule has 5 heteroatoms. The van der Waals surface area contributed by atoms with Crippen molar-refractivity contribution in [1.82, 2.24) is 4.98 Å². The molecular formula is C17H26N2O3. The van der Waals surface area contributed by atoms with Crippen molar-refractivity contribution in [3.8, 4) is 5.88 Å². The molecule has 0 radical (unpaired) electrons. The van der Waals surface area contributed by atoms with E-state index in [9.17, 15) is 4.79 Å². The lowest BCUT2D eigenvalue weighted by molar-refractivity contribution is -0.143. The molecule has 0 aliphatic heterocycles. The summed E-state index contributed by atoms with van der Waals surface area (Å²) in [6.07, 6.45) is 3.70. The lowest BCUT2D eigenvalue weighted by atomic mass is 9.78. The van der Waals surface area contributed by atoms with E-state index in [4.69, 9.17) is 9.47 Å². The fourth-order valence-electron chi connectivity index (χ4n) is 3.12. The van der Waals surface area contributed by atoms with Gasteiger partial charge in [0.1, 0.15) is 5.60 Å². The fraction of sp³-hybridized carbons (Fsp3) is 0.647. The molecule has 1 aromatic heterocycles. The molecule has 0 bridgehead atoms. The van der Waals surface area contributed by atoms with E-state index < -0.39 is 5.60 Å². The van der Waals surface area contributed by atoms with Crippen LogP contribution in [0.3, 0.4) is 0 Å². The first-order valence-electron chi connectivity index (χ1n) is 7.98. The molecule has 0 saturated heterocycles. The smallest absolute Gasteiger partial charge is 0.256 e. The molecule has 1 aromatic rings. The first-order chi connectivity index (χ1) is 10.5. The molecule has 1 amide bonds. The molecule has 2 rings (SSSR count). The number of nitrogens with zero attached hydrogens (tertiary/aromatic N) is 1. The van der Waals surface area contributed by atoms with E-state index in [0.717, 1.165) is 31.4 Å². The SMILES string of the molecule is CCOc1ccc(NC(=O)[C@@]2(OC)CCC[C@H](C)C2)c(C)n1. The maximum Gasteiger partial charge on any atom is 0.256 e. The van der Waals surface area contributed by atoms with Crippen LogP contribution in [-0.4, -0.2) is 30.2 Å². The number of anilines is 1. The third-order valence-corrected chi connectivity index (χ3v) is 4.36. The maximum atomic E-state index is 12.7. The number of pyridine rings is 1. The Balaban J connectivity index is 2.13. The number of nitrogens with one attached hydrogen (secondary N) is 1. The molecule has 1 saturated carbocycles. The minimum atomic E-state index is -0.720. The molecule has 0 spiro atoms. The summed E-state index contributed by atoms with van der Waals surface area (Å²) >= 11 is 0. The molecule has 1 aliphatic rings. The first-order valence-corrected chi connectivity index (χ1v) is 7.98. The number of amides is 1. The van der Waals surface area contributed by atoms with Gasteiger partial charge in [0.2, 0.25) is 5.88 Å². The Labute approximate surface area is 132 Å². The Morgan fingerprint density at radius 3 is 2.86 bits per heavy atom. The number of ether oxygens (including phenoxy) is 2. The quantitative estimate of drug-likeness (QED) is 0.906. The van der Waals surface area contributed by atoms with Crippen molar-refractivity contribution < 1.29 is 14.3 Å². The van der Waals surface area contributed by atoms with Crippen LogP contribution in [0.2, 0.25) is 0 Å². The van der Waals surface area contributed by atoms with Crippen molar-refractivity contribution >= 4 is 11.6 Å². The van der Waals surface area contributed by atoms with Gasteiger partial charge in [-0.25, -0.2) is 4.98 Å². The van der Waals surface area contributed by atoms with Crippen molar-refractivity contribution in [1.29, 1.82) is 0 Å². The van der Waals surface area contributed by atoms with Crippen LogP contribution in [0.4, 0.5) is 5.69 Å². The molecular weight excluding hydrogens is 280 g/mol. The van der Waals surface area contributed by atoms with Crippen LogP contribution < -0.4 is 10.1 Å². The first kappa shape index (κ1) is 16.7. The molecule has 1 N–H and O–H groups in total. The minimum absolute atomic E-state index is 0.0735. The average Bonchev–Trinajstić information content (AvgIpc) is 2.50. The molecule has 122 valence electrons. The van der Waals surface area contributed by atoms with Gasteiger partial charge in [0.05, 0.1) is 18.0 Å². The van der Waals surface area contributed by atoms with Crippen LogP contribution >= 0.6 is 0 Å². The average molecular weight is 306 g/mol. The number of rotatable bonds is 5. The van der Waals surface area contributed by atoms with Gasteiger partial charge in [0.25, 0.3) is 5.91 Å². The number of carbonyl (C=O) groups excluding carboxylic acids is 1. The van der Waals surface area contributed by atoms with Gasteiger partial charge in [-0.2, -0.15) is 0 Å². The predicted molar refractivity (Wildman–Crippen MR) is 86.1 cm³/mol. The summed E-state index contributed by atoms with van der Waals surface area (Å²) in [5.41, 5.74) is 0.736. The van der Waals surface area contributed by atoms with Gasteiger partial charge in [0.15, 0.2) is 0 Å². The largest absolute Gasteiger partial charge is 0.478 e. The summed E-state index contributed by atoms with van der Waals surface area (Å²) in [4.78, 5) is 17.1. The second-order valence-electron chi connectivity index (χ2n) is 6.07. The molecule has 2 atom stereocenters. The van der Waals surface area contributed by atoms with Gasteiger partial charge < -0.3 is 14.8 Å². The monoisotopic (exact) mass is 306 g/mol. The van der Waals surface area contributed by atoms with E-state index in [1.54, 1.807) is 13.2 Å². The van der Waals surface area contributed by atoms with Gasteiger partial charge in [-0.3, -0.25) is 4.79 Å². The Kier molecular flexibility index (Phi) is 5.40. The van der Waals surface area contributed by atoms with E-state index in [1.807, 2.05) is 19.9 Å². The van der Waals surface area contributed by atoms with E-state index in [2.05, 4.69) is 17.2 Å². The van der Waals surface area contributed by atoms with E-state index in [-0.39, 0.29) is 5.91 Å². The highest BCUT2D eigenvalue weighted by Gasteiger charge is 2.42. The fourth-order valence-corrected chi connectivity index (χ4v) is 3.12. The molecule has 1 aliphatic carbocycles. The van der Waals surface area contributed by atoms with E-state index >= 15 is 0 Å². The summed E-state index contributed by atoms with van der Waals surface area (Å²) in [5.74, 6) is 1.00. The van der Waals surface area contributed by atoms with Crippen LogP contribution in [0.5, 0.6) is 5.88 Å². The second kappa shape index (κ2) is 7.09.